The fourth-order valence-corrected chi connectivity index (χ4v) is 4.98. The van der Waals surface area contributed by atoms with Crippen LogP contribution in [0.2, 0.25) is 0 Å². The average molecular weight is 513 g/mol. The molecule has 4 fully saturated rings. The van der Waals surface area contributed by atoms with E-state index in [0.29, 0.717) is 0 Å². The van der Waals surface area contributed by atoms with Gasteiger partial charge in [0.1, 0.15) is 48.8 Å². The van der Waals surface area contributed by atoms with Gasteiger partial charge >= 0.3 is 5.97 Å². The second kappa shape index (κ2) is 10.3. The Morgan fingerprint density at radius 1 is 0.829 bits per heavy atom. The van der Waals surface area contributed by atoms with Gasteiger partial charge in [0.2, 0.25) is 0 Å². The SMILES string of the molecule is NC1CC(N)[C@H](O)C(O[C@@H]2OC(CO)[C@H](O)C3OC4(OC32)OC([C@@H](N)CO)[C@H](O)C(O)[C@@H]4O)C1O. The van der Waals surface area contributed by atoms with Crippen molar-refractivity contribution in [2.24, 2.45) is 17.2 Å². The Balaban J connectivity index is 1.62. The highest BCUT2D eigenvalue weighted by Gasteiger charge is 2.67. The minimum atomic E-state index is -2.49. The van der Waals surface area contributed by atoms with E-state index in [-0.39, 0.29) is 6.42 Å². The average Bonchev–Trinajstić information content (AvgIpc) is 3.23. The van der Waals surface area contributed by atoms with Gasteiger partial charge in [0.15, 0.2) is 12.4 Å². The van der Waals surface area contributed by atoms with Crippen molar-refractivity contribution in [1.29, 1.82) is 0 Å². The molecule has 16 heteroatoms. The lowest BCUT2D eigenvalue weighted by atomic mass is 9.84. The highest BCUT2D eigenvalue weighted by Crippen LogP contribution is 2.45. The molecule has 14 N–H and O–H groups in total. The molecule has 4 rings (SSSR count). The molecule has 204 valence electrons. The van der Waals surface area contributed by atoms with Gasteiger partial charge in [-0.15, -0.1) is 0 Å². The quantitative estimate of drug-likeness (QED) is 0.163. The van der Waals surface area contributed by atoms with E-state index in [9.17, 15) is 40.9 Å². The third-order valence-corrected chi connectivity index (χ3v) is 7.09. The van der Waals surface area contributed by atoms with E-state index in [1.165, 1.54) is 0 Å². The minimum absolute atomic E-state index is 0.118. The van der Waals surface area contributed by atoms with E-state index in [2.05, 4.69) is 0 Å². The second-order valence-corrected chi connectivity index (χ2v) is 9.48. The summed E-state index contributed by atoms with van der Waals surface area (Å²) < 4.78 is 28.5. The number of aliphatic hydroxyl groups excluding tert-OH is 8. The lowest BCUT2D eigenvalue weighted by molar-refractivity contribution is -0.439. The van der Waals surface area contributed by atoms with Gasteiger partial charge in [-0.3, -0.25) is 0 Å². The van der Waals surface area contributed by atoms with Crippen molar-refractivity contribution < 1.29 is 64.5 Å². The van der Waals surface area contributed by atoms with Crippen LogP contribution in [-0.2, 0) is 23.7 Å². The number of hydrogen-bond donors (Lipinski definition) is 11. The van der Waals surface area contributed by atoms with Gasteiger partial charge in [0.05, 0.1) is 31.5 Å². The molecule has 0 radical (unpaired) electrons. The van der Waals surface area contributed by atoms with Crippen molar-refractivity contribution in [2.45, 2.75) is 104 Å². The van der Waals surface area contributed by atoms with Gasteiger partial charge in [-0.2, -0.15) is 0 Å². The van der Waals surface area contributed by atoms with Crippen LogP contribution in [-0.4, -0.2) is 152 Å². The van der Waals surface area contributed by atoms with Crippen LogP contribution in [0.4, 0.5) is 0 Å². The van der Waals surface area contributed by atoms with Crippen LogP contribution >= 0.6 is 0 Å². The van der Waals surface area contributed by atoms with Crippen molar-refractivity contribution in [1.82, 2.24) is 0 Å². The van der Waals surface area contributed by atoms with Crippen molar-refractivity contribution in [3.8, 4) is 0 Å². The molecule has 3 saturated heterocycles. The first-order valence-corrected chi connectivity index (χ1v) is 11.4. The maximum atomic E-state index is 10.7. The Kier molecular flexibility index (Phi) is 8.03. The van der Waals surface area contributed by atoms with Crippen LogP contribution < -0.4 is 17.2 Å². The van der Waals surface area contributed by atoms with Gasteiger partial charge in [-0.1, -0.05) is 0 Å². The topological polar surface area (TPSA) is 286 Å². The molecule has 0 aromatic rings. The highest BCUT2D eigenvalue weighted by atomic mass is 16.9. The van der Waals surface area contributed by atoms with E-state index >= 15 is 0 Å². The predicted octanol–water partition coefficient (Wildman–Crippen LogP) is -7.53. The van der Waals surface area contributed by atoms with Crippen LogP contribution in [0, 0.1) is 0 Å². The molecule has 0 bridgehead atoms. The first kappa shape index (κ1) is 27.4. The molecule has 1 saturated carbocycles. The van der Waals surface area contributed by atoms with E-state index in [4.69, 9.17) is 40.9 Å². The van der Waals surface area contributed by atoms with E-state index in [1.54, 1.807) is 0 Å². The normalized spacial score (nSPS) is 55.6. The lowest BCUT2D eigenvalue weighted by Gasteiger charge is -2.46. The molecule has 3 heterocycles. The summed E-state index contributed by atoms with van der Waals surface area (Å²) in [7, 11) is 0. The molecule has 4 aliphatic rings. The molecule has 0 aromatic carbocycles. The summed E-state index contributed by atoms with van der Waals surface area (Å²) in [6.45, 7) is -1.35. The first-order chi connectivity index (χ1) is 16.5. The molecule has 3 aliphatic heterocycles. The Hall–Kier alpha value is -0.640. The van der Waals surface area contributed by atoms with Crippen molar-refractivity contribution in [3.63, 3.8) is 0 Å². The molecule has 16 atom stereocenters. The molecular weight excluding hydrogens is 478 g/mol. The molecule has 1 spiro atoms. The van der Waals surface area contributed by atoms with Crippen LogP contribution in [0.5, 0.6) is 0 Å². The number of hydrogen-bond acceptors (Lipinski definition) is 16. The highest BCUT2D eigenvalue weighted by molar-refractivity contribution is 5.04. The zero-order chi connectivity index (χ0) is 25.8. The lowest BCUT2D eigenvalue weighted by Crippen LogP contribution is -2.69. The number of ether oxygens (including phenoxy) is 5. The third kappa shape index (κ3) is 4.61. The Labute approximate surface area is 199 Å². The van der Waals surface area contributed by atoms with Gasteiger partial charge in [0, 0.05) is 12.1 Å². The Bertz CT molecular complexity index is 726. The van der Waals surface area contributed by atoms with Gasteiger partial charge in [-0.25, -0.2) is 0 Å². The summed E-state index contributed by atoms with van der Waals surface area (Å²) in [6, 6.07) is -2.87. The van der Waals surface area contributed by atoms with E-state index in [0.717, 1.165) is 0 Å². The number of fused-ring (bicyclic) bond motifs is 1. The monoisotopic (exact) mass is 513 g/mol. The van der Waals surface area contributed by atoms with Crippen LogP contribution in [0.3, 0.4) is 0 Å². The van der Waals surface area contributed by atoms with Crippen LogP contribution in [0.25, 0.3) is 0 Å². The zero-order valence-corrected chi connectivity index (χ0v) is 18.6. The Morgan fingerprint density at radius 3 is 2.00 bits per heavy atom. The summed E-state index contributed by atoms with van der Waals surface area (Å²) in [5.74, 6) is -2.49. The maximum absolute atomic E-state index is 10.7. The summed E-state index contributed by atoms with van der Waals surface area (Å²) in [4.78, 5) is 0. The molecule has 0 amide bonds. The number of aliphatic hydroxyl groups is 8. The summed E-state index contributed by atoms with van der Waals surface area (Å²) in [5.41, 5.74) is 17.5. The molecular formula is C19H35N3O13. The van der Waals surface area contributed by atoms with Crippen molar-refractivity contribution in [2.75, 3.05) is 13.2 Å². The number of rotatable bonds is 5. The van der Waals surface area contributed by atoms with Gasteiger partial charge < -0.3 is 81.7 Å². The molecule has 35 heavy (non-hydrogen) atoms. The largest absolute Gasteiger partial charge is 0.395 e. The van der Waals surface area contributed by atoms with E-state index < -0.39 is 111 Å². The zero-order valence-electron chi connectivity index (χ0n) is 18.6. The molecule has 0 aromatic heterocycles. The molecule has 10 unspecified atom stereocenters. The third-order valence-electron chi connectivity index (χ3n) is 7.09. The summed E-state index contributed by atoms with van der Waals surface area (Å²) in [5, 5.41) is 82.1. The minimum Gasteiger partial charge on any atom is -0.395 e. The maximum Gasteiger partial charge on any atom is 0.314 e. The van der Waals surface area contributed by atoms with E-state index in [1.807, 2.05) is 0 Å². The first-order valence-electron chi connectivity index (χ1n) is 11.4. The standard InChI is InChI=1S/C19H35N3O13/c20-4-1-5(21)9(26)14(8(4)25)32-18-16-15(10(27)7(3-24)31-18)34-19(35-16)17(30)12(29)11(28)13(33-19)6(22)2-23/h4-18,23-30H,1-3,20-22H2/t4?,5?,6-,7?,8-,9?,10-,11+,12?,13?,14?,15?,16?,17-,18-,19?/m0/s1. The fourth-order valence-electron chi connectivity index (χ4n) is 4.98. The molecule has 1 aliphatic carbocycles. The predicted molar refractivity (Wildman–Crippen MR) is 110 cm³/mol. The fraction of sp³-hybridized carbons (Fsp3) is 1.00. The summed E-state index contributed by atoms with van der Waals surface area (Å²) >= 11 is 0. The Morgan fingerprint density at radius 2 is 1.43 bits per heavy atom. The van der Waals surface area contributed by atoms with Crippen molar-refractivity contribution >= 4 is 0 Å². The summed E-state index contributed by atoms with van der Waals surface area (Å²) in [6.07, 6.45) is -18.2. The van der Waals surface area contributed by atoms with Gasteiger partial charge in [-0.05, 0) is 6.42 Å². The van der Waals surface area contributed by atoms with Crippen molar-refractivity contribution in [3.05, 3.63) is 0 Å². The molecule has 16 nitrogen and oxygen atoms in total. The second-order valence-electron chi connectivity index (χ2n) is 9.48. The van der Waals surface area contributed by atoms with Crippen LogP contribution in [0.1, 0.15) is 6.42 Å². The smallest absolute Gasteiger partial charge is 0.314 e. The van der Waals surface area contributed by atoms with Gasteiger partial charge in [0.25, 0.3) is 0 Å². The van der Waals surface area contributed by atoms with Crippen LogP contribution in [0.15, 0.2) is 0 Å². The number of nitrogens with two attached hydrogens (primary N) is 3.